The number of aromatic nitrogens is 1. The van der Waals surface area contributed by atoms with Gasteiger partial charge in [-0.05, 0) is 26.8 Å². The monoisotopic (exact) mass is 184 g/mol. The van der Waals surface area contributed by atoms with Crippen LogP contribution in [0.25, 0.3) is 0 Å². The van der Waals surface area contributed by atoms with E-state index in [1.807, 2.05) is 13.1 Å². The number of hydrogen-bond donors (Lipinski definition) is 1. The van der Waals surface area contributed by atoms with Crippen molar-refractivity contribution in [3.8, 4) is 0 Å². The molecular weight excluding hydrogens is 168 g/mol. The number of thiazole rings is 1. The molecule has 0 aromatic carbocycles. The van der Waals surface area contributed by atoms with Gasteiger partial charge in [-0.25, -0.2) is 4.98 Å². The molecule has 2 nitrogen and oxygen atoms in total. The molecule has 0 saturated carbocycles. The summed E-state index contributed by atoms with van der Waals surface area (Å²) in [4.78, 5) is 5.56. The summed E-state index contributed by atoms with van der Waals surface area (Å²) < 4.78 is 0. The number of nitrogens with zero attached hydrogens (tertiary/aromatic N) is 1. The second-order valence-electron chi connectivity index (χ2n) is 2.96. The number of rotatable bonds is 4. The fourth-order valence-corrected chi connectivity index (χ4v) is 1.85. The van der Waals surface area contributed by atoms with E-state index in [4.69, 9.17) is 0 Å². The van der Waals surface area contributed by atoms with Gasteiger partial charge in [0.25, 0.3) is 0 Å². The quantitative estimate of drug-likeness (QED) is 0.777. The largest absolute Gasteiger partial charge is 0.309 e. The first kappa shape index (κ1) is 9.68. The molecule has 0 amide bonds. The summed E-state index contributed by atoms with van der Waals surface area (Å²) in [5, 5.41) is 4.58. The number of aryl methyl sites for hydroxylation is 1. The highest BCUT2D eigenvalue weighted by molar-refractivity contribution is 7.11. The SMILES string of the molecule is CCCNC(C)c1cnc(C)s1. The standard InChI is InChI=1S/C9H16N2S/c1-4-5-10-7(2)9-6-11-8(3)12-9/h6-7,10H,4-5H2,1-3H3. The lowest BCUT2D eigenvalue weighted by Crippen LogP contribution is -2.18. The number of nitrogens with one attached hydrogen (secondary N) is 1. The summed E-state index contributed by atoms with van der Waals surface area (Å²) in [6.07, 6.45) is 3.15. The zero-order chi connectivity index (χ0) is 8.97. The van der Waals surface area contributed by atoms with Crippen LogP contribution in [0, 0.1) is 6.92 Å². The van der Waals surface area contributed by atoms with Crippen molar-refractivity contribution in [2.75, 3.05) is 6.54 Å². The topological polar surface area (TPSA) is 24.9 Å². The second kappa shape index (κ2) is 4.58. The Labute approximate surface area is 78.0 Å². The van der Waals surface area contributed by atoms with Crippen molar-refractivity contribution in [2.45, 2.75) is 33.2 Å². The van der Waals surface area contributed by atoms with Crippen LogP contribution < -0.4 is 5.32 Å². The van der Waals surface area contributed by atoms with Gasteiger partial charge in [0, 0.05) is 17.1 Å². The van der Waals surface area contributed by atoms with Gasteiger partial charge in [-0.3, -0.25) is 0 Å². The van der Waals surface area contributed by atoms with Gasteiger partial charge in [0.05, 0.1) is 5.01 Å². The fraction of sp³-hybridized carbons (Fsp3) is 0.667. The van der Waals surface area contributed by atoms with Crippen LogP contribution in [0.15, 0.2) is 6.20 Å². The van der Waals surface area contributed by atoms with Gasteiger partial charge < -0.3 is 5.32 Å². The molecule has 1 rings (SSSR count). The van der Waals surface area contributed by atoms with Crippen molar-refractivity contribution >= 4 is 11.3 Å². The Hall–Kier alpha value is -0.410. The molecule has 12 heavy (non-hydrogen) atoms. The summed E-state index contributed by atoms with van der Waals surface area (Å²) in [5.74, 6) is 0. The maximum Gasteiger partial charge on any atom is 0.0897 e. The van der Waals surface area contributed by atoms with Crippen molar-refractivity contribution in [2.24, 2.45) is 0 Å². The second-order valence-corrected chi connectivity index (χ2v) is 4.22. The van der Waals surface area contributed by atoms with Crippen LogP contribution in [-0.4, -0.2) is 11.5 Å². The molecule has 3 heteroatoms. The van der Waals surface area contributed by atoms with Crippen molar-refractivity contribution < 1.29 is 0 Å². The third-order valence-electron chi connectivity index (χ3n) is 1.77. The molecule has 0 bridgehead atoms. The highest BCUT2D eigenvalue weighted by Gasteiger charge is 2.06. The first-order valence-electron chi connectivity index (χ1n) is 4.39. The van der Waals surface area contributed by atoms with Crippen LogP contribution in [0.5, 0.6) is 0 Å². The maximum absolute atomic E-state index is 4.22. The van der Waals surface area contributed by atoms with E-state index in [1.165, 1.54) is 11.3 Å². The van der Waals surface area contributed by atoms with Gasteiger partial charge in [0.1, 0.15) is 0 Å². The fourth-order valence-electron chi connectivity index (χ4n) is 1.04. The van der Waals surface area contributed by atoms with E-state index in [0.717, 1.165) is 11.6 Å². The lowest BCUT2D eigenvalue weighted by Gasteiger charge is -2.09. The van der Waals surface area contributed by atoms with Gasteiger partial charge in [0.15, 0.2) is 0 Å². The Kier molecular flexibility index (Phi) is 3.69. The molecule has 1 N–H and O–H groups in total. The summed E-state index contributed by atoms with van der Waals surface area (Å²) in [6, 6.07) is 0.455. The van der Waals surface area contributed by atoms with Crippen molar-refractivity contribution in [1.29, 1.82) is 0 Å². The average Bonchev–Trinajstić information content (AvgIpc) is 2.47. The van der Waals surface area contributed by atoms with Crippen LogP contribution in [-0.2, 0) is 0 Å². The summed E-state index contributed by atoms with van der Waals surface area (Å²) in [6.45, 7) is 7.49. The molecule has 0 aliphatic carbocycles. The molecule has 1 heterocycles. The van der Waals surface area contributed by atoms with E-state index in [1.54, 1.807) is 11.3 Å². The van der Waals surface area contributed by atoms with Crippen LogP contribution in [0.2, 0.25) is 0 Å². The van der Waals surface area contributed by atoms with Crippen molar-refractivity contribution in [1.82, 2.24) is 10.3 Å². The first-order valence-corrected chi connectivity index (χ1v) is 5.21. The molecule has 0 saturated heterocycles. The molecule has 0 radical (unpaired) electrons. The first-order chi connectivity index (χ1) is 5.74. The van der Waals surface area contributed by atoms with Crippen LogP contribution in [0.1, 0.15) is 36.2 Å². The normalized spacial score (nSPS) is 13.2. The molecule has 1 unspecified atom stereocenters. The van der Waals surface area contributed by atoms with Gasteiger partial charge in [-0.1, -0.05) is 6.92 Å². The molecule has 0 aliphatic heterocycles. The molecule has 1 aromatic rings. The maximum atomic E-state index is 4.22. The van der Waals surface area contributed by atoms with E-state index < -0.39 is 0 Å². The van der Waals surface area contributed by atoms with E-state index >= 15 is 0 Å². The minimum Gasteiger partial charge on any atom is -0.309 e. The molecule has 0 spiro atoms. The molecule has 1 aromatic heterocycles. The number of hydrogen-bond acceptors (Lipinski definition) is 3. The Morgan fingerprint density at radius 2 is 2.42 bits per heavy atom. The Balaban J connectivity index is 2.47. The van der Waals surface area contributed by atoms with Gasteiger partial charge >= 0.3 is 0 Å². The minimum atomic E-state index is 0.455. The zero-order valence-corrected chi connectivity index (χ0v) is 8.74. The molecule has 1 atom stereocenters. The van der Waals surface area contributed by atoms with Crippen LogP contribution in [0.4, 0.5) is 0 Å². The van der Waals surface area contributed by atoms with Gasteiger partial charge in [-0.15, -0.1) is 11.3 Å². The Bertz CT molecular complexity index is 232. The van der Waals surface area contributed by atoms with Crippen molar-refractivity contribution in [3.63, 3.8) is 0 Å². The summed E-state index contributed by atoms with van der Waals surface area (Å²) >= 11 is 1.77. The molecular formula is C9H16N2S. The van der Waals surface area contributed by atoms with Gasteiger partial charge in [-0.2, -0.15) is 0 Å². The third kappa shape index (κ3) is 2.57. The average molecular weight is 184 g/mol. The van der Waals surface area contributed by atoms with E-state index in [9.17, 15) is 0 Å². The highest BCUT2D eigenvalue weighted by Crippen LogP contribution is 2.19. The van der Waals surface area contributed by atoms with Gasteiger partial charge in [0.2, 0.25) is 0 Å². The van der Waals surface area contributed by atoms with Crippen molar-refractivity contribution in [3.05, 3.63) is 16.1 Å². The predicted molar refractivity (Wildman–Crippen MR) is 53.6 cm³/mol. The smallest absolute Gasteiger partial charge is 0.0897 e. The van der Waals surface area contributed by atoms with Crippen LogP contribution >= 0.6 is 11.3 Å². The third-order valence-corrected chi connectivity index (χ3v) is 2.86. The zero-order valence-electron chi connectivity index (χ0n) is 7.92. The predicted octanol–water partition coefficient (Wildman–Crippen LogP) is 2.51. The summed E-state index contributed by atoms with van der Waals surface area (Å²) in [5.41, 5.74) is 0. The lowest BCUT2D eigenvalue weighted by atomic mass is 10.3. The Morgan fingerprint density at radius 3 is 2.92 bits per heavy atom. The van der Waals surface area contributed by atoms with E-state index in [-0.39, 0.29) is 0 Å². The minimum absolute atomic E-state index is 0.455. The van der Waals surface area contributed by atoms with E-state index in [0.29, 0.717) is 6.04 Å². The summed E-state index contributed by atoms with van der Waals surface area (Å²) in [7, 11) is 0. The van der Waals surface area contributed by atoms with E-state index in [2.05, 4.69) is 24.1 Å². The molecule has 68 valence electrons. The molecule has 0 fully saturated rings. The highest BCUT2D eigenvalue weighted by atomic mass is 32.1. The lowest BCUT2D eigenvalue weighted by molar-refractivity contribution is 0.577. The molecule has 0 aliphatic rings. The van der Waals surface area contributed by atoms with Crippen LogP contribution in [0.3, 0.4) is 0 Å². The Morgan fingerprint density at radius 1 is 1.67 bits per heavy atom.